The minimum atomic E-state index is -4.64. The van der Waals surface area contributed by atoms with E-state index in [1.54, 1.807) is 0 Å². The standard InChI is InChI=1S/C15H15F3N4O2/c1-3-4-8-14(20-21-14)9-7-12(23)19-10-5-6-11(15(16,17)18)22(2)13(10)24/h1,5-6H,4,7-9H2,2H3,(H,19,23). The first-order chi connectivity index (χ1) is 11.2. The van der Waals surface area contributed by atoms with Crippen LogP contribution in [-0.2, 0) is 18.0 Å². The molecule has 24 heavy (non-hydrogen) atoms. The van der Waals surface area contributed by atoms with Crippen LogP contribution in [-0.4, -0.2) is 16.1 Å². The van der Waals surface area contributed by atoms with Crippen LogP contribution in [0.5, 0.6) is 0 Å². The fraction of sp³-hybridized carbons (Fsp3) is 0.467. The number of carbonyl (C=O) groups is 1. The number of anilines is 1. The van der Waals surface area contributed by atoms with Crippen molar-refractivity contribution in [1.82, 2.24) is 4.57 Å². The molecule has 2 rings (SSSR count). The maximum absolute atomic E-state index is 12.7. The van der Waals surface area contributed by atoms with Crippen LogP contribution in [0.2, 0.25) is 0 Å². The number of aromatic nitrogens is 1. The smallest absolute Gasteiger partial charge is 0.321 e. The molecule has 0 aromatic carbocycles. The third kappa shape index (κ3) is 4.01. The van der Waals surface area contributed by atoms with E-state index in [-0.39, 0.29) is 12.1 Å². The summed E-state index contributed by atoms with van der Waals surface area (Å²) < 4.78 is 38.6. The van der Waals surface area contributed by atoms with E-state index in [0.717, 1.165) is 19.2 Å². The predicted octanol–water partition coefficient (Wildman–Crippen LogP) is 2.70. The summed E-state index contributed by atoms with van der Waals surface area (Å²) >= 11 is 0. The lowest BCUT2D eigenvalue weighted by molar-refractivity contribution is -0.143. The normalized spacial score (nSPS) is 15.0. The number of pyridine rings is 1. The van der Waals surface area contributed by atoms with Crippen molar-refractivity contribution >= 4 is 11.6 Å². The van der Waals surface area contributed by atoms with Gasteiger partial charge in [-0.2, -0.15) is 23.4 Å². The summed E-state index contributed by atoms with van der Waals surface area (Å²) in [4.78, 5) is 23.8. The van der Waals surface area contributed by atoms with Crippen molar-refractivity contribution in [2.45, 2.75) is 37.5 Å². The number of carbonyl (C=O) groups excluding carboxylic acids is 1. The molecule has 1 aliphatic heterocycles. The van der Waals surface area contributed by atoms with Crippen molar-refractivity contribution < 1.29 is 18.0 Å². The zero-order valence-corrected chi connectivity index (χ0v) is 12.9. The number of halogens is 3. The first kappa shape index (κ1) is 17.7. The van der Waals surface area contributed by atoms with Gasteiger partial charge in [0.25, 0.3) is 5.56 Å². The molecule has 6 nitrogen and oxygen atoms in total. The minimum absolute atomic E-state index is 0.0295. The van der Waals surface area contributed by atoms with Crippen LogP contribution in [0.25, 0.3) is 0 Å². The van der Waals surface area contributed by atoms with Gasteiger partial charge in [-0.15, -0.1) is 12.3 Å². The number of nitrogens with one attached hydrogen (secondary N) is 1. The summed E-state index contributed by atoms with van der Waals surface area (Å²) in [6.45, 7) is 0. The summed E-state index contributed by atoms with van der Waals surface area (Å²) in [6, 6.07) is 1.69. The Morgan fingerprint density at radius 2 is 2.04 bits per heavy atom. The summed E-state index contributed by atoms with van der Waals surface area (Å²) in [7, 11) is 0.998. The van der Waals surface area contributed by atoms with Crippen LogP contribution < -0.4 is 10.9 Å². The fourth-order valence-electron chi connectivity index (χ4n) is 2.21. The molecule has 0 unspecified atom stereocenters. The third-order valence-corrected chi connectivity index (χ3v) is 3.67. The third-order valence-electron chi connectivity index (χ3n) is 3.67. The second kappa shape index (κ2) is 6.47. The molecule has 1 amide bonds. The lowest BCUT2D eigenvalue weighted by atomic mass is 10.0. The highest BCUT2D eigenvalue weighted by molar-refractivity contribution is 5.90. The Morgan fingerprint density at radius 1 is 1.38 bits per heavy atom. The zero-order chi connectivity index (χ0) is 18.0. The molecule has 0 fully saturated rings. The lowest BCUT2D eigenvalue weighted by Gasteiger charge is -2.13. The van der Waals surface area contributed by atoms with Crippen molar-refractivity contribution in [2.24, 2.45) is 17.3 Å². The molecular formula is C15H15F3N4O2. The molecule has 0 saturated carbocycles. The molecular weight excluding hydrogens is 325 g/mol. The van der Waals surface area contributed by atoms with Gasteiger partial charge in [0, 0.05) is 32.7 Å². The van der Waals surface area contributed by atoms with Crippen LogP contribution in [0.15, 0.2) is 27.2 Å². The molecule has 0 atom stereocenters. The maximum Gasteiger partial charge on any atom is 0.431 e. The van der Waals surface area contributed by atoms with Gasteiger partial charge in [0.1, 0.15) is 11.4 Å². The monoisotopic (exact) mass is 340 g/mol. The number of hydrogen-bond acceptors (Lipinski definition) is 4. The number of amides is 1. The van der Waals surface area contributed by atoms with Crippen molar-refractivity contribution in [3.05, 3.63) is 28.2 Å². The summed E-state index contributed by atoms with van der Waals surface area (Å²) in [5.74, 6) is 1.97. The molecule has 128 valence electrons. The van der Waals surface area contributed by atoms with Crippen LogP contribution in [0.4, 0.5) is 18.9 Å². The van der Waals surface area contributed by atoms with Crippen molar-refractivity contribution in [3.63, 3.8) is 0 Å². The Morgan fingerprint density at radius 3 is 2.58 bits per heavy atom. The van der Waals surface area contributed by atoms with Gasteiger partial charge >= 0.3 is 6.18 Å². The minimum Gasteiger partial charge on any atom is -0.321 e. The first-order valence-electron chi connectivity index (χ1n) is 7.13. The van der Waals surface area contributed by atoms with Gasteiger partial charge in [0.15, 0.2) is 5.66 Å². The Hall–Kier alpha value is -2.63. The molecule has 1 aliphatic rings. The SMILES string of the molecule is C#CCCC1(CCC(=O)Nc2ccc(C(F)(F)F)n(C)c2=O)N=N1. The Balaban J connectivity index is 1.99. The van der Waals surface area contributed by atoms with E-state index >= 15 is 0 Å². The highest BCUT2D eigenvalue weighted by Crippen LogP contribution is 2.37. The quantitative estimate of drug-likeness (QED) is 0.809. The second-order valence-electron chi connectivity index (χ2n) is 5.43. The Bertz CT molecular complexity index is 768. The van der Waals surface area contributed by atoms with E-state index < -0.39 is 29.0 Å². The van der Waals surface area contributed by atoms with E-state index in [9.17, 15) is 22.8 Å². The molecule has 0 radical (unpaired) electrons. The van der Waals surface area contributed by atoms with Gasteiger partial charge in [-0.1, -0.05) is 0 Å². The van der Waals surface area contributed by atoms with Crippen LogP contribution >= 0.6 is 0 Å². The summed E-state index contributed by atoms with van der Waals surface area (Å²) in [6.07, 6.45) is 1.91. The average molecular weight is 340 g/mol. The summed E-state index contributed by atoms with van der Waals surface area (Å²) in [5, 5.41) is 10.1. The number of alkyl halides is 3. The van der Waals surface area contributed by atoms with Gasteiger partial charge in [-0.05, 0) is 12.1 Å². The van der Waals surface area contributed by atoms with Crippen LogP contribution in [0.1, 0.15) is 31.4 Å². The molecule has 2 heterocycles. The number of rotatable bonds is 6. The van der Waals surface area contributed by atoms with Crippen molar-refractivity contribution in [2.75, 3.05) is 5.32 Å². The number of nitrogens with zero attached hydrogens (tertiary/aromatic N) is 3. The number of terminal acetylenes is 1. The topological polar surface area (TPSA) is 75.8 Å². The van der Waals surface area contributed by atoms with E-state index in [4.69, 9.17) is 6.42 Å². The van der Waals surface area contributed by atoms with Crippen LogP contribution in [0, 0.1) is 12.3 Å². The van der Waals surface area contributed by atoms with Crippen molar-refractivity contribution in [3.8, 4) is 12.3 Å². The van der Waals surface area contributed by atoms with E-state index in [2.05, 4.69) is 21.5 Å². The van der Waals surface area contributed by atoms with Crippen LogP contribution in [0.3, 0.4) is 0 Å². The Kier molecular flexibility index (Phi) is 4.78. The van der Waals surface area contributed by atoms with Gasteiger partial charge in [0.05, 0.1) is 0 Å². The molecule has 0 bridgehead atoms. The molecule has 0 saturated heterocycles. The molecule has 1 aromatic heterocycles. The maximum atomic E-state index is 12.7. The highest BCUT2D eigenvalue weighted by atomic mass is 19.4. The van der Waals surface area contributed by atoms with Gasteiger partial charge < -0.3 is 9.88 Å². The Labute approximate surface area is 135 Å². The molecule has 1 aromatic rings. The van der Waals surface area contributed by atoms with Gasteiger partial charge in [-0.25, -0.2) is 0 Å². The van der Waals surface area contributed by atoms with E-state index in [0.29, 0.717) is 23.8 Å². The average Bonchev–Trinajstić information content (AvgIpc) is 3.27. The van der Waals surface area contributed by atoms with E-state index in [1.165, 1.54) is 0 Å². The second-order valence-corrected chi connectivity index (χ2v) is 5.43. The summed E-state index contributed by atoms with van der Waals surface area (Å²) in [5.41, 5.74) is -2.86. The fourth-order valence-corrected chi connectivity index (χ4v) is 2.21. The largest absolute Gasteiger partial charge is 0.431 e. The molecule has 9 heteroatoms. The predicted molar refractivity (Wildman–Crippen MR) is 80.2 cm³/mol. The lowest BCUT2D eigenvalue weighted by Crippen LogP contribution is -2.29. The highest BCUT2D eigenvalue weighted by Gasteiger charge is 2.39. The molecule has 0 spiro atoms. The van der Waals surface area contributed by atoms with Gasteiger partial charge in [0.2, 0.25) is 5.91 Å². The zero-order valence-electron chi connectivity index (χ0n) is 12.9. The van der Waals surface area contributed by atoms with Gasteiger partial charge in [-0.3, -0.25) is 9.59 Å². The van der Waals surface area contributed by atoms with Crippen molar-refractivity contribution in [1.29, 1.82) is 0 Å². The van der Waals surface area contributed by atoms with E-state index in [1.807, 2.05) is 0 Å². The molecule has 0 aliphatic carbocycles. The number of hydrogen-bond donors (Lipinski definition) is 1. The molecule has 1 N–H and O–H groups in total. The first-order valence-corrected chi connectivity index (χ1v) is 7.13.